The van der Waals surface area contributed by atoms with Crippen LogP contribution in [0, 0.1) is 12.7 Å². The molecule has 0 spiro atoms. The third kappa shape index (κ3) is 3.46. The molecule has 2 N–H and O–H groups in total. The summed E-state index contributed by atoms with van der Waals surface area (Å²) in [5.41, 5.74) is 1.71. The molecule has 0 aliphatic carbocycles. The largest absolute Gasteiger partial charge is 0.386 e. The number of carbonyl (C=O) groups excluding carboxylic acids is 1. The molecule has 21 heavy (non-hydrogen) atoms. The van der Waals surface area contributed by atoms with Crippen LogP contribution in [0.5, 0.6) is 0 Å². The van der Waals surface area contributed by atoms with E-state index in [-0.39, 0.29) is 11.7 Å². The van der Waals surface area contributed by atoms with Crippen LogP contribution in [0.15, 0.2) is 30.3 Å². The van der Waals surface area contributed by atoms with Crippen LogP contribution in [0.25, 0.3) is 0 Å². The lowest BCUT2D eigenvalue weighted by Crippen LogP contribution is -2.37. The number of nitrogens with zero attached hydrogens (tertiary/aromatic N) is 2. The van der Waals surface area contributed by atoms with Crippen LogP contribution in [0.1, 0.15) is 34.8 Å². The molecule has 2 atom stereocenters. The Balaban J connectivity index is 2.06. The predicted molar refractivity (Wildman–Crippen MR) is 76.2 cm³/mol. The van der Waals surface area contributed by atoms with Gasteiger partial charge >= 0.3 is 0 Å². The van der Waals surface area contributed by atoms with Gasteiger partial charge in [-0.05, 0) is 37.6 Å². The van der Waals surface area contributed by atoms with Gasteiger partial charge in [0.2, 0.25) is 0 Å². The quantitative estimate of drug-likeness (QED) is 0.901. The van der Waals surface area contributed by atoms with Crippen molar-refractivity contribution in [2.45, 2.75) is 26.0 Å². The van der Waals surface area contributed by atoms with Crippen molar-refractivity contribution in [1.82, 2.24) is 15.1 Å². The molecule has 1 amide bonds. The van der Waals surface area contributed by atoms with Gasteiger partial charge in [-0.1, -0.05) is 12.1 Å². The minimum Gasteiger partial charge on any atom is -0.386 e. The molecule has 2 rings (SSSR count). The molecule has 112 valence electrons. The summed E-state index contributed by atoms with van der Waals surface area (Å²) < 4.78 is 14.4. The van der Waals surface area contributed by atoms with Gasteiger partial charge in [-0.15, -0.1) is 0 Å². The van der Waals surface area contributed by atoms with E-state index in [9.17, 15) is 14.3 Å². The third-order valence-corrected chi connectivity index (χ3v) is 3.28. The number of hydrogen-bond donors (Lipinski definition) is 2. The van der Waals surface area contributed by atoms with Gasteiger partial charge in [0.15, 0.2) is 0 Å². The summed E-state index contributed by atoms with van der Waals surface area (Å²) in [5, 5.41) is 17.0. The minimum absolute atomic E-state index is 0.313. The highest BCUT2D eigenvalue weighted by molar-refractivity contribution is 5.92. The van der Waals surface area contributed by atoms with Crippen molar-refractivity contribution in [1.29, 1.82) is 0 Å². The molecule has 2 unspecified atom stereocenters. The van der Waals surface area contributed by atoms with Crippen LogP contribution in [-0.2, 0) is 7.05 Å². The van der Waals surface area contributed by atoms with Crippen molar-refractivity contribution in [3.63, 3.8) is 0 Å². The van der Waals surface area contributed by atoms with Crippen molar-refractivity contribution >= 4 is 5.91 Å². The zero-order chi connectivity index (χ0) is 15.6. The van der Waals surface area contributed by atoms with Crippen LogP contribution in [-0.4, -0.2) is 26.8 Å². The fourth-order valence-corrected chi connectivity index (χ4v) is 2.13. The second kappa shape index (κ2) is 6.05. The number of aliphatic hydroxyl groups is 1. The van der Waals surface area contributed by atoms with Gasteiger partial charge in [0.1, 0.15) is 11.5 Å². The van der Waals surface area contributed by atoms with E-state index >= 15 is 0 Å². The molecule has 0 saturated carbocycles. The number of carbonyl (C=O) groups is 1. The number of aryl methyl sites for hydroxylation is 2. The highest BCUT2D eigenvalue weighted by Crippen LogP contribution is 2.17. The maximum Gasteiger partial charge on any atom is 0.269 e. The SMILES string of the molecule is Cc1cc(C(=O)NC(C)C(O)c2ccc(F)cc2)n(C)n1. The van der Waals surface area contributed by atoms with Crippen molar-refractivity contribution in [2.75, 3.05) is 0 Å². The summed E-state index contributed by atoms with van der Waals surface area (Å²) >= 11 is 0. The zero-order valence-electron chi connectivity index (χ0n) is 12.2. The number of aliphatic hydroxyl groups excluding tert-OH is 1. The van der Waals surface area contributed by atoms with Gasteiger partial charge in [0.05, 0.1) is 17.8 Å². The molecule has 0 saturated heterocycles. The number of rotatable bonds is 4. The van der Waals surface area contributed by atoms with Gasteiger partial charge in [0.25, 0.3) is 5.91 Å². The number of hydrogen-bond acceptors (Lipinski definition) is 3. The smallest absolute Gasteiger partial charge is 0.269 e. The lowest BCUT2D eigenvalue weighted by atomic mass is 10.0. The summed E-state index contributed by atoms with van der Waals surface area (Å²) in [6.07, 6.45) is -0.913. The molecule has 2 aromatic rings. The van der Waals surface area contributed by atoms with Crippen LogP contribution >= 0.6 is 0 Å². The molecule has 5 nitrogen and oxygen atoms in total. The van der Waals surface area contributed by atoms with E-state index in [1.54, 1.807) is 27.0 Å². The summed E-state index contributed by atoms with van der Waals surface area (Å²) in [6.45, 7) is 3.49. The maximum absolute atomic E-state index is 12.9. The second-order valence-electron chi connectivity index (χ2n) is 5.05. The lowest BCUT2D eigenvalue weighted by Gasteiger charge is -2.20. The maximum atomic E-state index is 12.9. The summed E-state index contributed by atoms with van der Waals surface area (Å²) in [5.74, 6) is -0.681. The normalized spacial score (nSPS) is 13.8. The van der Waals surface area contributed by atoms with Gasteiger partial charge in [-0.2, -0.15) is 5.10 Å². The molecule has 0 aliphatic rings. The highest BCUT2D eigenvalue weighted by atomic mass is 19.1. The van der Waals surface area contributed by atoms with E-state index in [1.807, 2.05) is 0 Å². The van der Waals surface area contributed by atoms with Crippen LogP contribution in [0.2, 0.25) is 0 Å². The highest BCUT2D eigenvalue weighted by Gasteiger charge is 2.20. The first-order valence-electron chi connectivity index (χ1n) is 6.63. The number of nitrogens with one attached hydrogen (secondary N) is 1. The van der Waals surface area contributed by atoms with Crippen molar-refractivity contribution in [2.24, 2.45) is 7.05 Å². The number of halogens is 1. The van der Waals surface area contributed by atoms with Gasteiger partial charge < -0.3 is 10.4 Å². The van der Waals surface area contributed by atoms with Crippen molar-refractivity contribution in [3.05, 3.63) is 53.1 Å². The third-order valence-electron chi connectivity index (χ3n) is 3.28. The summed E-state index contributed by atoms with van der Waals surface area (Å²) in [7, 11) is 1.68. The van der Waals surface area contributed by atoms with Crippen LogP contribution in [0.4, 0.5) is 4.39 Å². The molecule has 0 aliphatic heterocycles. The first kappa shape index (κ1) is 15.2. The Kier molecular flexibility index (Phi) is 4.37. The first-order chi connectivity index (χ1) is 9.88. The molecule has 0 fully saturated rings. The molecular weight excluding hydrogens is 273 g/mol. The molecule has 6 heteroatoms. The topological polar surface area (TPSA) is 67.2 Å². The van der Waals surface area contributed by atoms with E-state index in [0.29, 0.717) is 11.3 Å². The number of amides is 1. The lowest BCUT2D eigenvalue weighted by molar-refractivity contribution is 0.0843. The summed E-state index contributed by atoms with van der Waals surface area (Å²) in [4.78, 5) is 12.1. The van der Waals surface area contributed by atoms with Crippen molar-refractivity contribution < 1.29 is 14.3 Å². The average molecular weight is 291 g/mol. The van der Waals surface area contributed by atoms with Gasteiger partial charge in [0, 0.05) is 7.05 Å². The predicted octanol–water partition coefficient (Wildman–Crippen LogP) is 1.72. The van der Waals surface area contributed by atoms with E-state index in [0.717, 1.165) is 5.69 Å². The minimum atomic E-state index is -0.913. The Bertz CT molecular complexity index is 637. The van der Waals surface area contributed by atoms with Crippen molar-refractivity contribution in [3.8, 4) is 0 Å². The van der Waals surface area contributed by atoms with E-state index in [4.69, 9.17) is 0 Å². The van der Waals surface area contributed by atoms with E-state index < -0.39 is 12.1 Å². The van der Waals surface area contributed by atoms with E-state index in [2.05, 4.69) is 10.4 Å². The fraction of sp³-hybridized carbons (Fsp3) is 0.333. The Hall–Kier alpha value is -2.21. The number of aromatic nitrogens is 2. The molecule has 0 bridgehead atoms. The first-order valence-corrected chi connectivity index (χ1v) is 6.63. The summed E-state index contributed by atoms with van der Waals surface area (Å²) in [6, 6.07) is 6.70. The zero-order valence-corrected chi connectivity index (χ0v) is 12.2. The molecule has 1 aromatic heterocycles. The standard InChI is InChI=1S/C15H18FN3O2/c1-9-8-13(19(3)18-9)15(21)17-10(2)14(20)11-4-6-12(16)7-5-11/h4-8,10,14,20H,1-3H3,(H,17,21). The molecule has 1 heterocycles. The molecule has 0 radical (unpaired) electrons. The Morgan fingerprint density at radius 2 is 2.00 bits per heavy atom. The van der Waals surface area contributed by atoms with Gasteiger partial charge in [-0.25, -0.2) is 4.39 Å². The Morgan fingerprint density at radius 3 is 2.52 bits per heavy atom. The van der Waals surface area contributed by atoms with E-state index in [1.165, 1.54) is 28.9 Å². The van der Waals surface area contributed by atoms with Crippen LogP contribution < -0.4 is 5.32 Å². The average Bonchev–Trinajstić information content (AvgIpc) is 2.77. The van der Waals surface area contributed by atoms with Crippen LogP contribution in [0.3, 0.4) is 0 Å². The second-order valence-corrected chi connectivity index (χ2v) is 5.05. The van der Waals surface area contributed by atoms with Gasteiger partial charge in [-0.3, -0.25) is 9.48 Å². The molecular formula is C15H18FN3O2. The monoisotopic (exact) mass is 291 g/mol. The Morgan fingerprint density at radius 1 is 1.38 bits per heavy atom. The molecule has 1 aromatic carbocycles. The Labute approximate surface area is 122 Å². The fourth-order valence-electron chi connectivity index (χ4n) is 2.13. The number of benzene rings is 1.